The number of rotatable bonds is 4. The Morgan fingerprint density at radius 1 is 1.38 bits per heavy atom. The standard InChI is InChI=1S/C19H21BrN2O2/c1-13-5-3-9-21-17(13)18(14-6-2-8-16(20)11-14)22-10-4-7-15(12-22)19(23)24/h2-3,5-6,8-9,11,15,18H,4,7,10,12H2,1H3,(H,23,24). The molecule has 1 aliphatic heterocycles. The first-order chi connectivity index (χ1) is 11.6. The number of likely N-dealkylation sites (tertiary alicyclic amines) is 1. The molecule has 1 fully saturated rings. The number of aryl methyl sites for hydroxylation is 1. The molecule has 4 nitrogen and oxygen atoms in total. The molecule has 5 heteroatoms. The van der Waals surface area contributed by atoms with Gasteiger partial charge in [-0.05, 0) is 55.6 Å². The molecule has 3 rings (SSSR count). The molecular formula is C19H21BrN2O2. The van der Waals surface area contributed by atoms with Crippen LogP contribution in [0.15, 0.2) is 47.1 Å². The summed E-state index contributed by atoms with van der Waals surface area (Å²) in [6.07, 6.45) is 3.46. The Kier molecular flexibility index (Phi) is 5.31. The number of pyridine rings is 1. The fourth-order valence-electron chi connectivity index (χ4n) is 3.44. The molecule has 2 heterocycles. The predicted octanol–water partition coefficient (Wildman–Crippen LogP) is 4.04. The Morgan fingerprint density at radius 3 is 2.92 bits per heavy atom. The molecule has 2 aromatic rings. The van der Waals surface area contributed by atoms with E-state index in [0.29, 0.717) is 6.54 Å². The van der Waals surface area contributed by atoms with Crippen molar-refractivity contribution in [2.24, 2.45) is 5.92 Å². The van der Waals surface area contributed by atoms with E-state index < -0.39 is 5.97 Å². The minimum Gasteiger partial charge on any atom is -0.481 e. The van der Waals surface area contributed by atoms with Crippen LogP contribution in [0.2, 0.25) is 0 Å². The Morgan fingerprint density at radius 2 is 2.21 bits per heavy atom. The SMILES string of the molecule is Cc1cccnc1C(c1cccc(Br)c1)N1CCCC(C(=O)O)C1. The minimum atomic E-state index is -0.703. The van der Waals surface area contributed by atoms with Crippen molar-refractivity contribution in [3.8, 4) is 0 Å². The van der Waals surface area contributed by atoms with Crippen LogP contribution in [0.4, 0.5) is 0 Å². The van der Waals surface area contributed by atoms with E-state index in [0.717, 1.165) is 40.7 Å². The normalized spacial score (nSPS) is 19.8. The summed E-state index contributed by atoms with van der Waals surface area (Å²) < 4.78 is 1.02. The third-order valence-corrected chi connectivity index (χ3v) is 5.13. The molecule has 0 amide bonds. The van der Waals surface area contributed by atoms with Gasteiger partial charge in [0.1, 0.15) is 0 Å². The fourth-order valence-corrected chi connectivity index (χ4v) is 3.86. The molecule has 0 spiro atoms. The summed E-state index contributed by atoms with van der Waals surface area (Å²) >= 11 is 3.55. The van der Waals surface area contributed by atoms with Crippen LogP contribution in [-0.4, -0.2) is 34.0 Å². The number of carboxylic acids is 1. The van der Waals surface area contributed by atoms with Gasteiger partial charge < -0.3 is 5.11 Å². The second-order valence-electron chi connectivity index (χ2n) is 6.34. The summed E-state index contributed by atoms with van der Waals surface area (Å²) in [5.74, 6) is -1.01. The van der Waals surface area contributed by atoms with Gasteiger partial charge in [0, 0.05) is 17.2 Å². The van der Waals surface area contributed by atoms with Crippen molar-refractivity contribution in [3.63, 3.8) is 0 Å². The van der Waals surface area contributed by atoms with Crippen molar-refractivity contribution < 1.29 is 9.90 Å². The lowest BCUT2D eigenvalue weighted by Crippen LogP contribution is -2.41. The molecule has 0 aliphatic carbocycles. The lowest BCUT2D eigenvalue weighted by atomic mass is 9.92. The fraction of sp³-hybridized carbons (Fsp3) is 0.368. The number of hydrogen-bond acceptors (Lipinski definition) is 3. The molecule has 2 atom stereocenters. The highest BCUT2D eigenvalue weighted by molar-refractivity contribution is 9.10. The summed E-state index contributed by atoms with van der Waals surface area (Å²) in [4.78, 5) is 18.4. The van der Waals surface area contributed by atoms with Gasteiger partial charge in [-0.1, -0.05) is 34.1 Å². The number of aliphatic carboxylic acids is 1. The van der Waals surface area contributed by atoms with Gasteiger partial charge in [0.2, 0.25) is 0 Å². The maximum atomic E-state index is 11.5. The zero-order chi connectivity index (χ0) is 17.1. The monoisotopic (exact) mass is 388 g/mol. The maximum Gasteiger partial charge on any atom is 0.307 e. The van der Waals surface area contributed by atoms with Crippen LogP contribution in [-0.2, 0) is 4.79 Å². The molecule has 24 heavy (non-hydrogen) atoms. The molecular weight excluding hydrogens is 368 g/mol. The molecule has 0 radical (unpaired) electrons. The van der Waals surface area contributed by atoms with E-state index in [9.17, 15) is 9.90 Å². The predicted molar refractivity (Wildman–Crippen MR) is 96.9 cm³/mol. The summed E-state index contributed by atoms with van der Waals surface area (Å²) in [6.45, 7) is 3.51. The number of halogens is 1. The number of carbonyl (C=O) groups is 1. The summed E-state index contributed by atoms with van der Waals surface area (Å²) in [7, 11) is 0. The van der Waals surface area contributed by atoms with Gasteiger partial charge in [0.15, 0.2) is 0 Å². The van der Waals surface area contributed by atoms with Crippen LogP contribution in [0.25, 0.3) is 0 Å². The van der Waals surface area contributed by atoms with E-state index >= 15 is 0 Å². The third kappa shape index (κ3) is 3.68. The number of hydrogen-bond donors (Lipinski definition) is 1. The highest BCUT2D eigenvalue weighted by atomic mass is 79.9. The lowest BCUT2D eigenvalue weighted by Gasteiger charge is -2.37. The van der Waals surface area contributed by atoms with Crippen LogP contribution in [0.3, 0.4) is 0 Å². The summed E-state index contributed by atoms with van der Waals surface area (Å²) in [5.41, 5.74) is 3.26. The van der Waals surface area contributed by atoms with Gasteiger partial charge in [-0.25, -0.2) is 0 Å². The minimum absolute atomic E-state index is 0.0224. The molecule has 1 aromatic heterocycles. The van der Waals surface area contributed by atoms with Crippen molar-refractivity contribution in [1.82, 2.24) is 9.88 Å². The second-order valence-corrected chi connectivity index (χ2v) is 7.25. The molecule has 1 N–H and O–H groups in total. The highest BCUT2D eigenvalue weighted by Gasteiger charge is 2.32. The average molecular weight is 389 g/mol. The summed E-state index contributed by atoms with van der Waals surface area (Å²) in [6, 6.07) is 12.2. The Balaban J connectivity index is 2.02. The Hall–Kier alpha value is -1.72. The number of nitrogens with zero attached hydrogens (tertiary/aromatic N) is 2. The third-order valence-electron chi connectivity index (χ3n) is 4.64. The number of carboxylic acid groups (broad SMARTS) is 1. The molecule has 0 bridgehead atoms. The van der Waals surface area contributed by atoms with Gasteiger partial charge in [-0.3, -0.25) is 14.7 Å². The lowest BCUT2D eigenvalue weighted by molar-refractivity contribution is -0.143. The molecule has 1 aliphatic rings. The topological polar surface area (TPSA) is 53.4 Å². The largest absolute Gasteiger partial charge is 0.481 e. The first-order valence-corrected chi connectivity index (χ1v) is 8.99. The Labute approximate surface area is 150 Å². The molecule has 2 unspecified atom stereocenters. The number of aromatic nitrogens is 1. The van der Waals surface area contributed by atoms with Crippen molar-refractivity contribution >= 4 is 21.9 Å². The number of benzene rings is 1. The molecule has 1 aromatic carbocycles. The van der Waals surface area contributed by atoms with E-state index in [1.807, 2.05) is 24.4 Å². The maximum absolute atomic E-state index is 11.5. The first kappa shape index (κ1) is 17.1. The molecule has 1 saturated heterocycles. The average Bonchev–Trinajstić information content (AvgIpc) is 2.57. The van der Waals surface area contributed by atoms with Crippen molar-refractivity contribution in [3.05, 3.63) is 63.9 Å². The Bertz CT molecular complexity index is 735. The van der Waals surface area contributed by atoms with Crippen molar-refractivity contribution in [2.45, 2.75) is 25.8 Å². The summed E-state index contributed by atoms with van der Waals surface area (Å²) in [5, 5.41) is 9.43. The zero-order valence-electron chi connectivity index (χ0n) is 13.7. The van der Waals surface area contributed by atoms with E-state index in [2.05, 4.69) is 50.9 Å². The number of piperidine rings is 1. The smallest absolute Gasteiger partial charge is 0.307 e. The van der Waals surface area contributed by atoms with Crippen LogP contribution in [0.1, 0.15) is 35.7 Å². The molecule has 0 saturated carbocycles. The van der Waals surface area contributed by atoms with Gasteiger partial charge in [-0.2, -0.15) is 0 Å². The van der Waals surface area contributed by atoms with E-state index in [4.69, 9.17) is 0 Å². The zero-order valence-corrected chi connectivity index (χ0v) is 15.2. The highest BCUT2D eigenvalue weighted by Crippen LogP contribution is 2.34. The van der Waals surface area contributed by atoms with Gasteiger partial charge in [0.05, 0.1) is 17.7 Å². The first-order valence-electron chi connectivity index (χ1n) is 8.20. The van der Waals surface area contributed by atoms with Crippen LogP contribution in [0, 0.1) is 12.8 Å². The van der Waals surface area contributed by atoms with E-state index in [1.54, 1.807) is 0 Å². The second kappa shape index (κ2) is 7.45. The van der Waals surface area contributed by atoms with Crippen molar-refractivity contribution in [1.29, 1.82) is 0 Å². The van der Waals surface area contributed by atoms with Crippen LogP contribution in [0.5, 0.6) is 0 Å². The van der Waals surface area contributed by atoms with E-state index in [-0.39, 0.29) is 12.0 Å². The van der Waals surface area contributed by atoms with Crippen LogP contribution >= 0.6 is 15.9 Å². The van der Waals surface area contributed by atoms with Gasteiger partial charge in [-0.15, -0.1) is 0 Å². The van der Waals surface area contributed by atoms with Crippen molar-refractivity contribution in [2.75, 3.05) is 13.1 Å². The van der Waals surface area contributed by atoms with E-state index in [1.165, 1.54) is 0 Å². The van der Waals surface area contributed by atoms with Crippen LogP contribution < -0.4 is 0 Å². The van der Waals surface area contributed by atoms with Gasteiger partial charge in [0.25, 0.3) is 0 Å². The quantitative estimate of drug-likeness (QED) is 0.858. The molecule has 126 valence electrons. The van der Waals surface area contributed by atoms with Gasteiger partial charge >= 0.3 is 5.97 Å².